The van der Waals surface area contributed by atoms with Gasteiger partial charge in [0.2, 0.25) is 0 Å². The molecule has 0 aromatic heterocycles. The van der Waals surface area contributed by atoms with Gasteiger partial charge in [0, 0.05) is 16.6 Å². The lowest BCUT2D eigenvalue weighted by Gasteiger charge is -2.37. The summed E-state index contributed by atoms with van der Waals surface area (Å²) in [5.74, 6) is -1.28. The van der Waals surface area contributed by atoms with E-state index in [0.29, 0.717) is 12.3 Å². The predicted octanol–water partition coefficient (Wildman–Crippen LogP) is 4.13. The van der Waals surface area contributed by atoms with Crippen LogP contribution in [0.2, 0.25) is 5.02 Å². The van der Waals surface area contributed by atoms with Crippen molar-refractivity contribution in [2.24, 2.45) is 11.3 Å². The molecule has 0 radical (unpaired) electrons. The molecule has 1 heterocycles. The van der Waals surface area contributed by atoms with Gasteiger partial charge in [-0.25, -0.2) is 4.39 Å². The quantitative estimate of drug-likeness (QED) is 0.821. The molecule has 1 aromatic carbocycles. The van der Waals surface area contributed by atoms with Gasteiger partial charge in [-0.2, -0.15) is 5.26 Å². The Bertz CT molecular complexity index is 714. The number of benzene rings is 1. The third kappa shape index (κ3) is 3.65. The van der Waals surface area contributed by atoms with Crippen LogP contribution in [0.3, 0.4) is 0 Å². The number of carboxylic acid groups (broad SMARTS) is 1. The van der Waals surface area contributed by atoms with E-state index in [4.69, 9.17) is 11.6 Å². The van der Waals surface area contributed by atoms with Crippen LogP contribution in [0.25, 0.3) is 0 Å². The van der Waals surface area contributed by atoms with Gasteiger partial charge in [0.15, 0.2) is 0 Å². The molecule has 1 saturated heterocycles. The highest BCUT2D eigenvalue weighted by atomic mass is 35.5. The van der Waals surface area contributed by atoms with Gasteiger partial charge in [-0.05, 0) is 36.3 Å². The van der Waals surface area contributed by atoms with E-state index in [1.54, 1.807) is 0 Å². The van der Waals surface area contributed by atoms with Crippen molar-refractivity contribution < 1.29 is 14.3 Å². The molecule has 3 unspecified atom stereocenters. The van der Waals surface area contributed by atoms with Crippen molar-refractivity contribution in [1.82, 2.24) is 5.32 Å². The lowest BCUT2D eigenvalue weighted by Crippen LogP contribution is -2.45. The SMILES string of the molecule is CC(C)C(C)(C)CC1NC(C(=O)O)CC1(C#N)c1ccc(Cl)cc1F. The molecule has 25 heavy (non-hydrogen) atoms. The molecule has 0 aliphatic carbocycles. The lowest BCUT2D eigenvalue weighted by atomic mass is 9.67. The van der Waals surface area contributed by atoms with Crippen molar-refractivity contribution in [2.75, 3.05) is 0 Å². The molecule has 1 aromatic rings. The van der Waals surface area contributed by atoms with Crippen LogP contribution in [0, 0.1) is 28.5 Å². The van der Waals surface area contributed by atoms with E-state index in [-0.39, 0.29) is 22.4 Å². The molecule has 3 atom stereocenters. The number of hydrogen-bond donors (Lipinski definition) is 2. The highest BCUT2D eigenvalue weighted by molar-refractivity contribution is 6.30. The van der Waals surface area contributed by atoms with E-state index in [1.807, 2.05) is 0 Å². The summed E-state index contributed by atoms with van der Waals surface area (Å²) in [4.78, 5) is 11.5. The highest BCUT2D eigenvalue weighted by Crippen LogP contribution is 2.45. The van der Waals surface area contributed by atoms with Gasteiger partial charge in [-0.3, -0.25) is 10.1 Å². The fourth-order valence-electron chi connectivity index (χ4n) is 3.39. The van der Waals surface area contributed by atoms with Crippen LogP contribution in [0.1, 0.15) is 46.1 Å². The summed E-state index contributed by atoms with van der Waals surface area (Å²) in [6.07, 6.45) is 0.584. The third-order valence-electron chi connectivity index (χ3n) is 5.73. The summed E-state index contributed by atoms with van der Waals surface area (Å²) >= 11 is 5.84. The maximum absolute atomic E-state index is 14.6. The second-order valence-corrected chi connectivity index (χ2v) is 8.31. The number of nitriles is 1. The Balaban J connectivity index is 2.54. The molecule has 4 nitrogen and oxygen atoms in total. The third-order valence-corrected chi connectivity index (χ3v) is 5.96. The van der Waals surface area contributed by atoms with Crippen LogP contribution < -0.4 is 5.32 Å². The van der Waals surface area contributed by atoms with Crippen LogP contribution in [-0.4, -0.2) is 23.2 Å². The van der Waals surface area contributed by atoms with Gasteiger partial charge in [0.1, 0.15) is 17.3 Å². The van der Waals surface area contributed by atoms with E-state index in [2.05, 4.69) is 39.1 Å². The molecule has 136 valence electrons. The van der Waals surface area contributed by atoms with E-state index in [1.165, 1.54) is 18.2 Å². The van der Waals surface area contributed by atoms with Crippen LogP contribution in [0.4, 0.5) is 4.39 Å². The topological polar surface area (TPSA) is 73.1 Å². The largest absolute Gasteiger partial charge is 0.480 e. The number of nitrogens with zero attached hydrogens (tertiary/aromatic N) is 1. The van der Waals surface area contributed by atoms with Gasteiger partial charge >= 0.3 is 5.97 Å². The first-order valence-electron chi connectivity index (χ1n) is 8.39. The average Bonchev–Trinajstić information content (AvgIpc) is 2.86. The second-order valence-electron chi connectivity index (χ2n) is 7.87. The maximum atomic E-state index is 14.6. The molecule has 1 aliphatic rings. The first-order chi connectivity index (χ1) is 11.5. The molecule has 0 amide bonds. The predicted molar refractivity (Wildman–Crippen MR) is 94.9 cm³/mol. The van der Waals surface area contributed by atoms with Crippen LogP contribution in [0.5, 0.6) is 0 Å². The number of carbonyl (C=O) groups is 1. The van der Waals surface area contributed by atoms with Crippen molar-refractivity contribution in [1.29, 1.82) is 5.26 Å². The van der Waals surface area contributed by atoms with Crippen LogP contribution in [-0.2, 0) is 10.2 Å². The first-order valence-corrected chi connectivity index (χ1v) is 8.77. The molecule has 1 fully saturated rings. The molecule has 2 N–H and O–H groups in total. The normalized spacial score (nSPS) is 26.6. The molecular weight excluding hydrogens is 343 g/mol. The zero-order valence-corrected chi connectivity index (χ0v) is 15.7. The Kier molecular flexibility index (Phi) is 5.46. The second kappa shape index (κ2) is 6.93. The molecule has 0 spiro atoms. The Hall–Kier alpha value is -1.64. The van der Waals surface area contributed by atoms with Gasteiger partial charge in [0.25, 0.3) is 0 Å². The van der Waals surface area contributed by atoms with Gasteiger partial charge in [-0.1, -0.05) is 45.4 Å². The average molecular weight is 367 g/mol. The van der Waals surface area contributed by atoms with E-state index < -0.39 is 29.3 Å². The first kappa shape index (κ1) is 19.7. The highest BCUT2D eigenvalue weighted by Gasteiger charge is 2.53. The molecule has 2 rings (SSSR count). The smallest absolute Gasteiger partial charge is 0.320 e. The molecule has 6 heteroatoms. The van der Waals surface area contributed by atoms with Crippen molar-refractivity contribution >= 4 is 17.6 Å². The number of rotatable bonds is 5. The Morgan fingerprint density at radius 1 is 1.56 bits per heavy atom. The molecule has 0 saturated carbocycles. The van der Waals surface area contributed by atoms with Gasteiger partial charge in [-0.15, -0.1) is 0 Å². The monoisotopic (exact) mass is 366 g/mol. The van der Waals surface area contributed by atoms with Gasteiger partial charge in [0.05, 0.1) is 6.07 Å². The summed E-state index contributed by atoms with van der Waals surface area (Å²) in [5, 5.41) is 22.7. The van der Waals surface area contributed by atoms with E-state index in [0.717, 1.165) is 0 Å². The zero-order valence-electron chi connectivity index (χ0n) is 14.9. The minimum Gasteiger partial charge on any atom is -0.480 e. The maximum Gasteiger partial charge on any atom is 0.320 e. The lowest BCUT2D eigenvalue weighted by molar-refractivity contribution is -0.139. The fourth-order valence-corrected chi connectivity index (χ4v) is 3.55. The molecule has 0 bridgehead atoms. The Labute approximate surface area is 153 Å². The number of hydrogen-bond acceptors (Lipinski definition) is 3. The standard InChI is InChI=1S/C19H24ClFN2O2/c1-11(2)18(3,4)9-16-19(10-22,8-15(23-16)17(24)25)13-6-5-12(20)7-14(13)21/h5-7,11,15-16,23H,8-9H2,1-4H3,(H,24,25). The van der Waals surface area contributed by atoms with Crippen molar-refractivity contribution in [3.63, 3.8) is 0 Å². The van der Waals surface area contributed by atoms with E-state index in [9.17, 15) is 19.6 Å². The Morgan fingerprint density at radius 2 is 2.20 bits per heavy atom. The minimum absolute atomic E-state index is 0.0240. The zero-order chi connectivity index (χ0) is 19.0. The number of nitrogens with one attached hydrogen (secondary N) is 1. The van der Waals surface area contributed by atoms with E-state index >= 15 is 0 Å². The Morgan fingerprint density at radius 3 is 2.68 bits per heavy atom. The summed E-state index contributed by atoms with van der Waals surface area (Å²) < 4.78 is 14.6. The summed E-state index contributed by atoms with van der Waals surface area (Å²) in [7, 11) is 0. The summed E-state index contributed by atoms with van der Waals surface area (Å²) in [6, 6.07) is 5.11. The molecular formula is C19H24ClFN2O2. The number of halogens is 2. The van der Waals surface area contributed by atoms with Crippen molar-refractivity contribution in [2.45, 2.75) is 58.0 Å². The summed E-state index contributed by atoms with van der Waals surface area (Å²) in [6.45, 7) is 8.32. The number of carboxylic acids is 1. The number of aliphatic carboxylic acids is 1. The van der Waals surface area contributed by atoms with Crippen LogP contribution >= 0.6 is 11.6 Å². The van der Waals surface area contributed by atoms with Gasteiger partial charge < -0.3 is 5.11 Å². The molecule has 1 aliphatic heterocycles. The minimum atomic E-state index is -1.25. The van der Waals surface area contributed by atoms with Crippen molar-refractivity contribution in [3.05, 3.63) is 34.6 Å². The fraction of sp³-hybridized carbons (Fsp3) is 0.579. The van der Waals surface area contributed by atoms with Crippen molar-refractivity contribution in [3.8, 4) is 6.07 Å². The van der Waals surface area contributed by atoms with Crippen LogP contribution in [0.15, 0.2) is 18.2 Å². The summed E-state index contributed by atoms with van der Waals surface area (Å²) in [5.41, 5.74) is -1.18.